The number of nitrogens with one attached hydrogen (secondary N) is 1. The van der Waals surface area contributed by atoms with Gasteiger partial charge in [-0.05, 0) is 38.1 Å². The van der Waals surface area contributed by atoms with Crippen LogP contribution >= 0.6 is 0 Å². The fraction of sp³-hybridized carbons (Fsp3) is 0.462. The van der Waals surface area contributed by atoms with Gasteiger partial charge in [0.25, 0.3) is 0 Å². The summed E-state index contributed by atoms with van der Waals surface area (Å²) in [7, 11) is 2.00. The molecule has 0 spiro atoms. The Kier molecular flexibility index (Phi) is 2.73. The number of benzene rings is 1. The summed E-state index contributed by atoms with van der Waals surface area (Å²) in [6, 6.07) is 6.10. The molecule has 0 saturated carbocycles. The number of hydrogen-bond donors (Lipinski definition) is 1. The van der Waals surface area contributed by atoms with E-state index in [1.807, 2.05) is 30.1 Å². The standard InChI is InChI=1S/C13H17N3O/c1-16-9-15-12-3-2-11(8-13(12)16)17-10-4-6-14-7-5-10/h2-3,8-10,14H,4-7H2,1H3. The van der Waals surface area contributed by atoms with Crippen molar-refractivity contribution in [3.63, 3.8) is 0 Å². The number of aryl methyl sites for hydroxylation is 1. The van der Waals surface area contributed by atoms with Gasteiger partial charge in [-0.25, -0.2) is 4.98 Å². The van der Waals surface area contributed by atoms with Gasteiger partial charge in [-0.15, -0.1) is 0 Å². The quantitative estimate of drug-likeness (QED) is 0.855. The fourth-order valence-electron chi connectivity index (χ4n) is 2.28. The van der Waals surface area contributed by atoms with Crippen LogP contribution in [-0.4, -0.2) is 28.7 Å². The molecule has 0 aliphatic carbocycles. The highest BCUT2D eigenvalue weighted by atomic mass is 16.5. The van der Waals surface area contributed by atoms with E-state index in [1.54, 1.807) is 0 Å². The van der Waals surface area contributed by atoms with Gasteiger partial charge in [-0.3, -0.25) is 0 Å². The van der Waals surface area contributed by atoms with Crippen LogP contribution in [0.2, 0.25) is 0 Å². The zero-order chi connectivity index (χ0) is 11.7. The molecule has 1 aliphatic rings. The molecule has 1 aromatic heterocycles. The van der Waals surface area contributed by atoms with Crippen LogP contribution in [0.4, 0.5) is 0 Å². The molecule has 17 heavy (non-hydrogen) atoms. The SMILES string of the molecule is Cn1cnc2ccc(OC3CCNCC3)cc21. The van der Waals surface area contributed by atoms with Crippen LogP contribution in [0.1, 0.15) is 12.8 Å². The predicted molar refractivity (Wildman–Crippen MR) is 67.2 cm³/mol. The molecule has 1 N–H and O–H groups in total. The van der Waals surface area contributed by atoms with Gasteiger partial charge in [0.15, 0.2) is 0 Å². The number of hydrogen-bond acceptors (Lipinski definition) is 3. The van der Waals surface area contributed by atoms with E-state index in [4.69, 9.17) is 4.74 Å². The van der Waals surface area contributed by atoms with Gasteiger partial charge in [0.05, 0.1) is 17.4 Å². The minimum atomic E-state index is 0.349. The molecule has 1 aromatic carbocycles. The summed E-state index contributed by atoms with van der Waals surface area (Å²) in [5.74, 6) is 0.952. The van der Waals surface area contributed by atoms with Crippen molar-refractivity contribution in [3.8, 4) is 5.75 Å². The second-order valence-corrected chi connectivity index (χ2v) is 4.57. The third kappa shape index (κ3) is 2.13. The van der Waals surface area contributed by atoms with Gasteiger partial charge in [-0.1, -0.05) is 0 Å². The molecule has 90 valence electrons. The summed E-state index contributed by atoms with van der Waals surface area (Å²) < 4.78 is 8.03. The van der Waals surface area contributed by atoms with E-state index in [0.29, 0.717) is 6.10 Å². The van der Waals surface area contributed by atoms with Crippen LogP contribution in [0.3, 0.4) is 0 Å². The van der Waals surface area contributed by atoms with Crippen LogP contribution in [0.5, 0.6) is 5.75 Å². The third-order valence-electron chi connectivity index (χ3n) is 3.29. The van der Waals surface area contributed by atoms with Gasteiger partial charge in [-0.2, -0.15) is 0 Å². The number of piperidine rings is 1. The normalized spacial score (nSPS) is 17.5. The Hall–Kier alpha value is -1.55. The predicted octanol–water partition coefficient (Wildman–Crippen LogP) is 1.70. The van der Waals surface area contributed by atoms with Crippen molar-refractivity contribution in [1.82, 2.24) is 14.9 Å². The van der Waals surface area contributed by atoms with E-state index in [-0.39, 0.29) is 0 Å². The average Bonchev–Trinajstić information content (AvgIpc) is 2.73. The number of aromatic nitrogens is 2. The first kappa shape index (κ1) is 10.6. The molecule has 1 aliphatic heterocycles. The first-order chi connectivity index (χ1) is 8.33. The van der Waals surface area contributed by atoms with Crippen molar-refractivity contribution >= 4 is 11.0 Å². The molecule has 4 heteroatoms. The van der Waals surface area contributed by atoms with Crippen LogP contribution in [0.15, 0.2) is 24.5 Å². The summed E-state index contributed by atoms with van der Waals surface area (Å²) in [5.41, 5.74) is 2.14. The van der Waals surface area contributed by atoms with Crippen molar-refractivity contribution in [3.05, 3.63) is 24.5 Å². The minimum Gasteiger partial charge on any atom is -0.490 e. The largest absolute Gasteiger partial charge is 0.490 e. The van der Waals surface area contributed by atoms with Crippen molar-refractivity contribution in [1.29, 1.82) is 0 Å². The van der Waals surface area contributed by atoms with Crippen LogP contribution < -0.4 is 10.1 Å². The number of nitrogens with zero attached hydrogens (tertiary/aromatic N) is 2. The topological polar surface area (TPSA) is 39.1 Å². The highest BCUT2D eigenvalue weighted by Gasteiger charge is 2.14. The van der Waals surface area contributed by atoms with Gasteiger partial charge < -0.3 is 14.6 Å². The Balaban J connectivity index is 1.82. The molecule has 0 radical (unpaired) electrons. The fourth-order valence-corrected chi connectivity index (χ4v) is 2.28. The summed E-state index contributed by atoms with van der Waals surface area (Å²) in [5, 5.41) is 3.34. The Bertz CT molecular complexity index is 514. The molecule has 0 bridgehead atoms. The first-order valence-corrected chi connectivity index (χ1v) is 6.11. The van der Waals surface area contributed by atoms with Crippen molar-refractivity contribution in [2.75, 3.05) is 13.1 Å². The molecule has 2 heterocycles. The Labute approximate surface area is 101 Å². The Morgan fingerprint density at radius 1 is 1.35 bits per heavy atom. The molecule has 3 rings (SSSR count). The lowest BCUT2D eigenvalue weighted by Crippen LogP contribution is -2.34. The minimum absolute atomic E-state index is 0.349. The van der Waals surface area contributed by atoms with E-state index in [2.05, 4.69) is 16.4 Å². The third-order valence-corrected chi connectivity index (χ3v) is 3.29. The van der Waals surface area contributed by atoms with Crippen LogP contribution in [-0.2, 0) is 7.05 Å². The monoisotopic (exact) mass is 231 g/mol. The zero-order valence-corrected chi connectivity index (χ0v) is 10.0. The highest BCUT2D eigenvalue weighted by molar-refractivity contribution is 5.76. The van der Waals surface area contributed by atoms with E-state index < -0.39 is 0 Å². The molecule has 0 atom stereocenters. The van der Waals surface area contributed by atoms with Gasteiger partial charge in [0, 0.05) is 13.1 Å². The van der Waals surface area contributed by atoms with E-state index >= 15 is 0 Å². The second kappa shape index (κ2) is 4.37. The summed E-state index contributed by atoms with van der Waals surface area (Å²) in [4.78, 5) is 4.30. The smallest absolute Gasteiger partial charge is 0.121 e. The molecular weight excluding hydrogens is 214 g/mol. The zero-order valence-electron chi connectivity index (χ0n) is 10.0. The summed E-state index contributed by atoms with van der Waals surface area (Å²) in [6.45, 7) is 2.11. The summed E-state index contributed by atoms with van der Waals surface area (Å²) in [6.07, 6.45) is 4.35. The molecular formula is C13H17N3O. The molecule has 1 saturated heterocycles. The number of rotatable bonds is 2. The molecule has 0 unspecified atom stereocenters. The van der Waals surface area contributed by atoms with E-state index in [0.717, 1.165) is 42.7 Å². The lowest BCUT2D eigenvalue weighted by Gasteiger charge is -2.23. The van der Waals surface area contributed by atoms with E-state index in [9.17, 15) is 0 Å². The maximum Gasteiger partial charge on any atom is 0.121 e. The van der Waals surface area contributed by atoms with Crippen LogP contribution in [0, 0.1) is 0 Å². The summed E-state index contributed by atoms with van der Waals surface area (Å²) >= 11 is 0. The van der Waals surface area contributed by atoms with Crippen LogP contribution in [0.25, 0.3) is 11.0 Å². The maximum atomic E-state index is 6.01. The van der Waals surface area contributed by atoms with Gasteiger partial charge in [0.2, 0.25) is 0 Å². The van der Waals surface area contributed by atoms with Crippen molar-refractivity contribution < 1.29 is 4.74 Å². The number of imidazole rings is 1. The Morgan fingerprint density at radius 3 is 3.00 bits per heavy atom. The number of fused-ring (bicyclic) bond motifs is 1. The maximum absolute atomic E-state index is 6.01. The molecule has 4 nitrogen and oxygen atoms in total. The lowest BCUT2D eigenvalue weighted by molar-refractivity contribution is 0.162. The molecule has 0 amide bonds. The van der Waals surface area contributed by atoms with Gasteiger partial charge in [0.1, 0.15) is 11.9 Å². The molecule has 2 aromatic rings. The number of ether oxygens (including phenoxy) is 1. The molecule has 1 fully saturated rings. The Morgan fingerprint density at radius 2 is 2.18 bits per heavy atom. The highest BCUT2D eigenvalue weighted by Crippen LogP contribution is 2.22. The second-order valence-electron chi connectivity index (χ2n) is 4.57. The van der Waals surface area contributed by atoms with Gasteiger partial charge >= 0.3 is 0 Å². The van der Waals surface area contributed by atoms with E-state index in [1.165, 1.54) is 0 Å². The van der Waals surface area contributed by atoms with Crippen molar-refractivity contribution in [2.45, 2.75) is 18.9 Å². The average molecular weight is 231 g/mol. The lowest BCUT2D eigenvalue weighted by atomic mass is 10.1. The first-order valence-electron chi connectivity index (χ1n) is 6.11. The van der Waals surface area contributed by atoms with Crippen molar-refractivity contribution in [2.24, 2.45) is 7.05 Å².